The van der Waals surface area contributed by atoms with E-state index in [1.54, 1.807) is 6.20 Å². The molecule has 1 nitrogen and oxygen atoms in total. The number of halogens is 3. The predicted molar refractivity (Wildman–Crippen MR) is 121 cm³/mol. The summed E-state index contributed by atoms with van der Waals surface area (Å²) in [5, 5.41) is 5.07. The van der Waals surface area contributed by atoms with E-state index in [9.17, 15) is 13.2 Å². The highest BCUT2D eigenvalue weighted by molar-refractivity contribution is 5.52. The molecule has 0 spiro atoms. The summed E-state index contributed by atoms with van der Waals surface area (Å²) < 4.78 is 39.4. The maximum atomic E-state index is 13.1. The van der Waals surface area contributed by atoms with Crippen molar-refractivity contribution in [1.29, 1.82) is 0 Å². The van der Waals surface area contributed by atoms with Crippen LogP contribution in [0.25, 0.3) is 12.2 Å². The van der Waals surface area contributed by atoms with Gasteiger partial charge in [0.1, 0.15) is 0 Å². The van der Waals surface area contributed by atoms with Gasteiger partial charge in [-0.25, -0.2) is 0 Å². The molecule has 2 aliphatic rings. The van der Waals surface area contributed by atoms with Crippen molar-refractivity contribution >= 4 is 12.2 Å². The first-order valence-electron chi connectivity index (χ1n) is 11.3. The van der Waals surface area contributed by atoms with Crippen molar-refractivity contribution in [2.75, 3.05) is 0 Å². The lowest BCUT2D eigenvalue weighted by molar-refractivity contribution is -0.137. The van der Waals surface area contributed by atoms with Crippen LogP contribution in [0.3, 0.4) is 0 Å². The van der Waals surface area contributed by atoms with Gasteiger partial charge in [0.25, 0.3) is 0 Å². The van der Waals surface area contributed by atoms with Crippen LogP contribution in [0.15, 0.2) is 48.8 Å². The molecule has 0 N–H and O–H groups in total. The van der Waals surface area contributed by atoms with Gasteiger partial charge in [-0.1, -0.05) is 55.0 Å². The number of aromatic nitrogens is 1. The van der Waals surface area contributed by atoms with Crippen molar-refractivity contribution < 1.29 is 13.2 Å². The van der Waals surface area contributed by atoms with E-state index in [0.717, 1.165) is 25.5 Å². The lowest BCUT2D eigenvalue weighted by Crippen LogP contribution is -2.24. The number of fused-ring (bicyclic) bond motifs is 4. The molecule has 2 aliphatic carbocycles. The SMILES string of the molecule is Cc1ccc2c(c1)=CC(CCc1cncc(C(F)(F)F)c1)c1c3c(ccc1=2)=CC(C)CC3. The van der Waals surface area contributed by atoms with Crippen molar-refractivity contribution in [3.63, 3.8) is 0 Å². The number of nitrogens with zero attached hydrogens (tertiary/aromatic N) is 1. The summed E-state index contributed by atoms with van der Waals surface area (Å²) in [4.78, 5) is 3.85. The van der Waals surface area contributed by atoms with Gasteiger partial charge in [0.15, 0.2) is 0 Å². The number of rotatable bonds is 3. The molecular formula is C28H26F3N. The fraction of sp³-hybridized carbons (Fsp3) is 0.321. The van der Waals surface area contributed by atoms with Crippen LogP contribution in [0.2, 0.25) is 0 Å². The summed E-state index contributed by atoms with van der Waals surface area (Å²) >= 11 is 0. The average molecular weight is 434 g/mol. The number of benzene rings is 2. The predicted octanol–water partition coefficient (Wildman–Crippen LogP) is 5.57. The molecule has 164 valence electrons. The molecule has 5 rings (SSSR count). The Bertz CT molecular complexity index is 1400. The molecule has 4 heteroatoms. The van der Waals surface area contributed by atoms with Crippen molar-refractivity contribution in [1.82, 2.24) is 4.98 Å². The van der Waals surface area contributed by atoms with Gasteiger partial charge < -0.3 is 0 Å². The largest absolute Gasteiger partial charge is 0.417 e. The van der Waals surface area contributed by atoms with Crippen LogP contribution < -0.4 is 10.4 Å². The highest BCUT2D eigenvalue weighted by Gasteiger charge is 2.31. The molecule has 2 aromatic carbocycles. The Morgan fingerprint density at radius 3 is 2.59 bits per heavy atom. The van der Waals surface area contributed by atoms with Crippen molar-refractivity contribution in [2.45, 2.75) is 51.6 Å². The summed E-state index contributed by atoms with van der Waals surface area (Å²) in [5.74, 6) is 0.739. The first kappa shape index (κ1) is 21.0. The van der Waals surface area contributed by atoms with Crippen LogP contribution in [0, 0.1) is 23.3 Å². The Labute approximate surface area is 185 Å². The smallest absolute Gasteiger partial charge is 0.264 e. The topological polar surface area (TPSA) is 12.9 Å². The quantitative estimate of drug-likeness (QED) is 0.526. The zero-order chi connectivity index (χ0) is 22.5. The Morgan fingerprint density at radius 2 is 1.78 bits per heavy atom. The number of hydrogen-bond donors (Lipinski definition) is 0. The summed E-state index contributed by atoms with van der Waals surface area (Å²) in [6, 6.07) is 12.3. The lowest BCUT2D eigenvalue weighted by atomic mass is 9.79. The number of hydrogen-bond acceptors (Lipinski definition) is 1. The molecule has 2 atom stereocenters. The molecule has 2 unspecified atom stereocenters. The highest BCUT2D eigenvalue weighted by Crippen LogP contribution is 2.33. The van der Waals surface area contributed by atoms with Crippen molar-refractivity contribution in [2.24, 2.45) is 5.92 Å². The van der Waals surface area contributed by atoms with E-state index in [2.05, 4.69) is 61.3 Å². The molecule has 1 heterocycles. The monoisotopic (exact) mass is 433 g/mol. The highest BCUT2D eigenvalue weighted by atomic mass is 19.4. The minimum Gasteiger partial charge on any atom is -0.264 e. The fourth-order valence-electron chi connectivity index (χ4n) is 5.23. The third kappa shape index (κ3) is 3.87. The molecular weight excluding hydrogens is 407 g/mol. The summed E-state index contributed by atoms with van der Waals surface area (Å²) in [7, 11) is 0. The van der Waals surface area contributed by atoms with E-state index in [1.165, 1.54) is 43.6 Å². The summed E-state index contributed by atoms with van der Waals surface area (Å²) in [5.41, 5.74) is 3.95. The minimum atomic E-state index is -4.37. The second kappa shape index (κ2) is 7.91. The van der Waals surface area contributed by atoms with Crippen LogP contribution in [-0.4, -0.2) is 4.98 Å². The fourth-order valence-corrected chi connectivity index (χ4v) is 5.23. The van der Waals surface area contributed by atoms with Gasteiger partial charge in [0, 0.05) is 18.3 Å². The van der Waals surface area contributed by atoms with E-state index in [4.69, 9.17) is 0 Å². The van der Waals surface area contributed by atoms with Crippen LogP contribution in [0.1, 0.15) is 53.5 Å². The number of aryl methyl sites for hydroxylation is 2. The van der Waals surface area contributed by atoms with E-state index in [0.29, 0.717) is 17.9 Å². The second-order valence-electron chi connectivity index (χ2n) is 9.26. The van der Waals surface area contributed by atoms with Crippen LogP contribution in [0.5, 0.6) is 0 Å². The Balaban J connectivity index is 1.61. The molecule has 0 radical (unpaired) electrons. The first-order valence-corrected chi connectivity index (χ1v) is 11.3. The van der Waals surface area contributed by atoms with Crippen molar-refractivity contribution in [3.8, 4) is 0 Å². The van der Waals surface area contributed by atoms with Gasteiger partial charge in [0.2, 0.25) is 0 Å². The lowest BCUT2D eigenvalue weighted by Gasteiger charge is -2.25. The Hall–Kier alpha value is -2.88. The van der Waals surface area contributed by atoms with Gasteiger partial charge >= 0.3 is 6.18 Å². The molecule has 0 amide bonds. The Kier molecular flexibility index (Phi) is 5.19. The minimum absolute atomic E-state index is 0.172. The second-order valence-corrected chi connectivity index (χ2v) is 9.26. The van der Waals surface area contributed by atoms with Gasteiger partial charge in [-0.05, 0) is 82.2 Å². The van der Waals surface area contributed by atoms with Crippen LogP contribution in [0.4, 0.5) is 13.2 Å². The zero-order valence-corrected chi connectivity index (χ0v) is 18.3. The normalized spacial score (nSPS) is 19.3. The summed E-state index contributed by atoms with van der Waals surface area (Å²) in [6.45, 7) is 4.35. The zero-order valence-electron chi connectivity index (χ0n) is 18.3. The molecule has 0 fully saturated rings. The molecule has 1 aromatic heterocycles. The maximum absolute atomic E-state index is 13.1. The van der Waals surface area contributed by atoms with Crippen molar-refractivity contribution in [3.05, 3.63) is 97.5 Å². The van der Waals surface area contributed by atoms with E-state index in [-0.39, 0.29) is 5.92 Å². The Morgan fingerprint density at radius 1 is 0.969 bits per heavy atom. The van der Waals surface area contributed by atoms with Crippen LogP contribution in [-0.2, 0) is 19.0 Å². The standard InChI is InChI=1S/C28H26F3N/c1-17-4-9-25-20(11-17)7-10-26-24-8-3-18(2)12-22(24)14-21(27(25)26)6-5-19-13-23(16-32-15-19)28(29,30)31/h3,7-8,10-17,21H,4-6,9H2,1-2H3. The van der Waals surface area contributed by atoms with E-state index in [1.807, 2.05) is 0 Å². The van der Waals surface area contributed by atoms with Gasteiger partial charge in [-0.15, -0.1) is 0 Å². The van der Waals surface area contributed by atoms with Crippen LogP contribution >= 0.6 is 0 Å². The van der Waals surface area contributed by atoms with Gasteiger partial charge in [-0.3, -0.25) is 4.98 Å². The van der Waals surface area contributed by atoms with Gasteiger partial charge in [0.05, 0.1) is 5.56 Å². The molecule has 0 saturated carbocycles. The van der Waals surface area contributed by atoms with E-state index < -0.39 is 11.7 Å². The first-order chi connectivity index (χ1) is 15.3. The molecule has 3 aromatic rings. The molecule has 0 aliphatic heterocycles. The molecule has 0 bridgehead atoms. The summed E-state index contributed by atoms with van der Waals surface area (Å²) in [6.07, 6.45) is 6.28. The number of alkyl halides is 3. The molecule has 0 saturated heterocycles. The van der Waals surface area contributed by atoms with Gasteiger partial charge in [-0.2, -0.15) is 13.2 Å². The molecule has 32 heavy (non-hydrogen) atoms. The number of pyridine rings is 1. The average Bonchev–Trinajstić information content (AvgIpc) is 2.76. The van der Waals surface area contributed by atoms with E-state index >= 15 is 0 Å². The maximum Gasteiger partial charge on any atom is 0.417 e. The third-order valence-electron chi connectivity index (χ3n) is 6.82. The third-order valence-corrected chi connectivity index (χ3v) is 6.82.